The van der Waals surface area contributed by atoms with Crippen molar-refractivity contribution in [2.24, 2.45) is 0 Å². The number of nitrogens with zero attached hydrogens (tertiary/aromatic N) is 1. The minimum absolute atomic E-state index is 0.793. The summed E-state index contributed by atoms with van der Waals surface area (Å²) < 4.78 is 7.37. The van der Waals surface area contributed by atoms with Crippen molar-refractivity contribution in [1.29, 1.82) is 0 Å². The molecule has 1 aromatic heterocycles. The largest absolute Gasteiger partial charge is 0.385 e. The van der Waals surface area contributed by atoms with Crippen molar-refractivity contribution in [3.8, 4) is 0 Å². The van der Waals surface area contributed by atoms with Gasteiger partial charge in [-0.3, -0.25) is 0 Å². The van der Waals surface area contributed by atoms with Crippen molar-refractivity contribution in [1.82, 2.24) is 4.57 Å². The highest BCUT2D eigenvalue weighted by molar-refractivity contribution is 6.35. The van der Waals surface area contributed by atoms with Gasteiger partial charge in [-0.15, -0.1) is 0 Å². The summed E-state index contributed by atoms with van der Waals surface area (Å²) in [6.45, 7) is 3.93. The molecule has 0 saturated carbocycles. The Kier molecular flexibility index (Phi) is 4.08. The lowest BCUT2D eigenvalue weighted by molar-refractivity contribution is 0.190. The Morgan fingerprint density at radius 2 is 2.18 bits per heavy atom. The van der Waals surface area contributed by atoms with Crippen LogP contribution in [-0.4, -0.2) is 18.3 Å². The molecule has 0 aliphatic carbocycles. The number of fused-ring (bicyclic) bond motifs is 1. The molecule has 2 aromatic rings. The summed E-state index contributed by atoms with van der Waals surface area (Å²) in [4.78, 5) is 0. The van der Waals surface area contributed by atoms with E-state index >= 15 is 0 Å². The number of aromatic nitrogens is 1. The number of rotatable bonds is 5. The van der Waals surface area contributed by atoms with Crippen LogP contribution in [0.15, 0.2) is 24.4 Å². The first-order valence-electron chi connectivity index (χ1n) is 6.03. The van der Waals surface area contributed by atoms with E-state index in [1.807, 2.05) is 12.1 Å². The Hall–Kier alpha value is -0.990. The molecule has 0 aliphatic heterocycles. The number of methoxy groups -OCH3 is 1. The molecule has 3 heteroatoms. The van der Waals surface area contributed by atoms with Crippen molar-refractivity contribution in [2.75, 3.05) is 13.7 Å². The van der Waals surface area contributed by atoms with Crippen LogP contribution in [0, 0.1) is 0 Å². The fourth-order valence-electron chi connectivity index (χ4n) is 2.22. The molecule has 0 atom stereocenters. The van der Waals surface area contributed by atoms with Crippen LogP contribution in [0.5, 0.6) is 0 Å². The fraction of sp³-hybridized carbons (Fsp3) is 0.429. The number of ether oxygens (including phenoxy) is 1. The lowest BCUT2D eigenvalue weighted by atomic mass is 10.1. The predicted octanol–water partition coefficient (Wildman–Crippen LogP) is 3.89. The van der Waals surface area contributed by atoms with Gasteiger partial charge in [0.15, 0.2) is 0 Å². The molecule has 1 aromatic carbocycles. The number of aryl methyl sites for hydroxylation is 2. The van der Waals surface area contributed by atoms with Gasteiger partial charge in [0.1, 0.15) is 0 Å². The molecule has 1 heterocycles. The Morgan fingerprint density at radius 3 is 2.88 bits per heavy atom. The lowest BCUT2D eigenvalue weighted by Gasteiger charge is -2.04. The van der Waals surface area contributed by atoms with Crippen LogP contribution in [0.2, 0.25) is 5.02 Å². The van der Waals surface area contributed by atoms with Gasteiger partial charge in [-0.25, -0.2) is 0 Å². The van der Waals surface area contributed by atoms with E-state index in [9.17, 15) is 0 Å². The molecular formula is C14H18ClNO. The number of hydrogen-bond donors (Lipinski definition) is 0. The Balaban J connectivity index is 2.39. The van der Waals surface area contributed by atoms with Gasteiger partial charge in [0.2, 0.25) is 0 Å². The molecule has 0 saturated heterocycles. The molecule has 0 aliphatic rings. The van der Waals surface area contributed by atoms with Crippen LogP contribution >= 0.6 is 11.6 Å². The van der Waals surface area contributed by atoms with Gasteiger partial charge in [-0.2, -0.15) is 0 Å². The summed E-state index contributed by atoms with van der Waals surface area (Å²) in [5, 5.41) is 2.05. The maximum atomic E-state index is 6.28. The Bertz CT molecular complexity index is 504. The summed E-state index contributed by atoms with van der Waals surface area (Å²) in [6, 6.07) is 6.10. The Morgan fingerprint density at radius 1 is 1.35 bits per heavy atom. The van der Waals surface area contributed by atoms with E-state index in [-0.39, 0.29) is 0 Å². The minimum Gasteiger partial charge on any atom is -0.385 e. The van der Waals surface area contributed by atoms with Crippen molar-refractivity contribution in [3.63, 3.8) is 0 Å². The van der Waals surface area contributed by atoms with E-state index in [1.165, 1.54) is 16.5 Å². The zero-order valence-corrected chi connectivity index (χ0v) is 11.1. The maximum Gasteiger partial charge on any atom is 0.0502 e. The van der Waals surface area contributed by atoms with Crippen LogP contribution in [0.3, 0.4) is 0 Å². The van der Waals surface area contributed by atoms with Gasteiger partial charge in [-0.05, 0) is 30.5 Å². The third-order valence-corrected chi connectivity index (χ3v) is 3.38. The zero-order valence-electron chi connectivity index (χ0n) is 10.4. The molecule has 92 valence electrons. The summed E-state index contributed by atoms with van der Waals surface area (Å²) in [5.41, 5.74) is 2.55. The summed E-state index contributed by atoms with van der Waals surface area (Å²) in [6.07, 6.45) is 4.25. The van der Waals surface area contributed by atoms with E-state index in [4.69, 9.17) is 16.3 Å². The van der Waals surface area contributed by atoms with Crippen LogP contribution in [-0.2, 0) is 17.7 Å². The van der Waals surface area contributed by atoms with Crippen LogP contribution in [0.1, 0.15) is 18.9 Å². The Labute approximate surface area is 107 Å². The molecule has 0 bridgehead atoms. The zero-order chi connectivity index (χ0) is 12.3. The van der Waals surface area contributed by atoms with Crippen molar-refractivity contribution < 1.29 is 4.74 Å². The molecule has 0 N–H and O–H groups in total. The van der Waals surface area contributed by atoms with E-state index in [2.05, 4.69) is 23.8 Å². The van der Waals surface area contributed by atoms with E-state index in [1.54, 1.807) is 7.11 Å². The molecule has 0 unspecified atom stereocenters. The van der Waals surface area contributed by atoms with Gasteiger partial charge in [0, 0.05) is 37.4 Å². The van der Waals surface area contributed by atoms with Crippen LogP contribution in [0.25, 0.3) is 10.9 Å². The van der Waals surface area contributed by atoms with Gasteiger partial charge >= 0.3 is 0 Å². The second-order valence-corrected chi connectivity index (χ2v) is 4.59. The topological polar surface area (TPSA) is 14.2 Å². The highest BCUT2D eigenvalue weighted by Crippen LogP contribution is 2.29. The standard InChI is InChI=1S/C14H18ClNO/c1-3-11-10-16(8-5-9-17-2)13-7-4-6-12(15)14(11)13/h4,6-7,10H,3,5,8-9H2,1-2H3. The molecule has 0 fully saturated rings. The van der Waals surface area contributed by atoms with Crippen molar-refractivity contribution in [3.05, 3.63) is 35.0 Å². The quantitative estimate of drug-likeness (QED) is 0.736. The molecule has 0 amide bonds. The molecule has 0 spiro atoms. The third kappa shape index (κ3) is 2.48. The van der Waals surface area contributed by atoms with Crippen molar-refractivity contribution in [2.45, 2.75) is 26.3 Å². The normalized spacial score (nSPS) is 11.2. The van der Waals surface area contributed by atoms with Crippen molar-refractivity contribution >= 4 is 22.5 Å². The average molecular weight is 252 g/mol. The fourth-order valence-corrected chi connectivity index (χ4v) is 2.52. The van der Waals surface area contributed by atoms with E-state index in [0.29, 0.717) is 0 Å². The molecule has 17 heavy (non-hydrogen) atoms. The van der Waals surface area contributed by atoms with Crippen LogP contribution in [0.4, 0.5) is 0 Å². The van der Waals surface area contributed by atoms with E-state index < -0.39 is 0 Å². The summed E-state index contributed by atoms with van der Waals surface area (Å²) in [5.74, 6) is 0. The first kappa shape index (κ1) is 12.5. The van der Waals surface area contributed by atoms with Gasteiger partial charge in [0.25, 0.3) is 0 Å². The molecule has 0 radical (unpaired) electrons. The summed E-state index contributed by atoms with van der Waals surface area (Å²) >= 11 is 6.28. The second-order valence-electron chi connectivity index (χ2n) is 4.18. The minimum atomic E-state index is 0.793. The third-order valence-electron chi connectivity index (χ3n) is 3.06. The van der Waals surface area contributed by atoms with E-state index in [0.717, 1.165) is 31.0 Å². The molecular weight excluding hydrogens is 234 g/mol. The number of hydrogen-bond acceptors (Lipinski definition) is 1. The highest BCUT2D eigenvalue weighted by atomic mass is 35.5. The molecule has 2 nitrogen and oxygen atoms in total. The number of benzene rings is 1. The lowest BCUT2D eigenvalue weighted by Crippen LogP contribution is -1.99. The first-order valence-corrected chi connectivity index (χ1v) is 6.41. The number of halogens is 1. The highest BCUT2D eigenvalue weighted by Gasteiger charge is 2.09. The van der Waals surface area contributed by atoms with Gasteiger partial charge in [0.05, 0.1) is 5.02 Å². The van der Waals surface area contributed by atoms with Gasteiger partial charge < -0.3 is 9.30 Å². The predicted molar refractivity (Wildman–Crippen MR) is 72.8 cm³/mol. The average Bonchev–Trinajstić information content (AvgIpc) is 2.70. The second kappa shape index (κ2) is 5.56. The molecule has 2 rings (SSSR count). The first-order chi connectivity index (χ1) is 8.27. The monoisotopic (exact) mass is 251 g/mol. The summed E-state index contributed by atoms with van der Waals surface area (Å²) in [7, 11) is 1.74. The maximum absolute atomic E-state index is 6.28. The van der Waals surface area contributed by atoms with Crippen LogP contribution < -0.4 is 0 Å². The SMILES string of the molecule is CCc1cn(CCCOC)c2cccc(Cl)c12. The van der Waals surface area contributed by atoms with Gasteiger partial charge in [-0.1, -0.05) is 24.6 Å². The smallest absolute Gasteiger partial charge is 0.0502 e.